The Kier molecular flexibility index (Phi) is 9.72. The molecule has 0 aliphatic heterocycles. The standard InChI is InChI=1S/C26H37N3O3/c1-7-19(3)29(26(31)23(8-2)20-12-10-9-11-13-20)17-21-16-22(27-25(30)18-32-6)14-15-24(21)28(4)5/h9-16,19,23H,7-8,17-18H2,1-6H3,(H,27,30). The van der Waals surface area contributed by atoms with Crippen LogP contribution in [0.3, 0.4) is 0 Å². The van der Waals surface area contributed by atoms with Gasteiger partial charge in [-0.15, -0.1) is 0 Å². The first-order chi connectivity index (χ1) is 15.3. The van der Waals surface area contributed by atoms with Crippen molar-refractivity contribution in [3.63, 3.8) is 0 Å². The Hall–Kier alpha value is -2.86. The Morgan fingerprint density at radius 3 is 2.28 bits per heavy atom. The lowest BCUT2D eigenvalue weighted by Crippen LogP contribution is -2.41. The number of hydrogen-bond donors (Lipinski definition) is 1. The maximum atomic E-state index is 13.7. The molecule has 2 amide bonds. The van der Waals surface area contributed by atoms with E-state index in [0.717, 1.165) is 29.7 Å². The number of benzene rings is 2. The molecule has 2 aromatic rings. The van der Waals surface area contributed by atoms with Gasteiger partial charge in [-0.1, -0.05) is 44.2 Å². The van der Waals surface area contributed by atoms with E-state index < -0.39 is 0 Å². The summed E-state index contributed by atoms with van der Waals surface area (Å²) < 4.78 is 4.92. The van der Waals surface area contributed by atoms with Crippen molar-refractivity contribution in [3.8, 4) is 0 Å². The number of carbonyl (C=O) groups is 2. The van der Waals surface area contributed by atoms with Crippen LogP contribution in [0.25, 0.3) is 0 Å². The zero-order valence-corrected chi connectivity index (χ0v) is 20.2. The van der Waals surface area contributed by atoms with Gasteiger partial charge in [0.15, 0.2) is 0 Å². The molecule has 0 radical (unpaired) electrons. The van der Waals surface area contributed by atoms with Gasteiger partial charge in [0.05, 0.1) is 5.92 Å². The summed E-state index contributed by atoms with van der Waals surface area (Å²) in [6.45, 7) is 6.72. The van der Waals surface area contributed by atoms with E-state index in [9.17, 15) is 9.59 Å². The average Bonchev–Trinajstić information content (AvgIpc) is 2.78. The number of methoxy groups -OCH3 is 1. The zero-order chi connectivity index (χ0) is 23.7. The number of rotatable bonds is 11. The Morgan fingerprint density at radius 2 is 1.72 bits per heavy atom. The molecule has 6 nitrogen and oxygen atoms in total. The normalized spacial score (nSPS) is 12.7. The predicted molar refractivity (Wildman–Crippen MR) is 131 cm³/mol. The quantitative estimate of drug-likeness (QED) is 0.553. The third-order valence-electron chi connectivity index (χ3n) is 5.78. The SMILES string of the molecule is CCC(C(=O)N(Cc1cc(NC(=O)COC)ccc1N(C)C)C(C)CC)c1ccccc1. The van der Waals surface area contributed by atoms with E-state index in [2.05, 4.69) is 26.1 Å². The van der Waals surface area contributed by atoms with E-state index in [0.29, 0.717) is 12.2 Å². The van der Waals surface area contributed by atoms with Crippen LogP contribution in [0.4, 0.5) is 11.4 Å². The molecule has 0 aromatic heterocycles. The van der Waals surface area contributed by atoms with Crippen LogP contribution in [0, 0.1) is 0 Å². The van der Waals surface area contributed by atoms with Crippen LogP contribution in [0.2, 0.25) is 0 Å². The van der Waals surface area contributed by atoms with Crippen LogP contribution < -0.4 is 10.2 Å². The van der Waals surface area contributed by atoms with Crippen molar-refractivity contribution < 1.29 is 14.3 Å². The van der Waals surface area contributed by atoms with E-state index in [1.807, 2.05) is 72.4 Å². The molecule has 6 heteroatoms. The summed E-state index contributed by atoms with van der Waals surface area (Å²) in [5.41, 5.74) is 3.74. The minimum atomic E-state index is -0.207. The van der Waals surface area contributed by atoms with Crippen molar-refractivity contribution in [2.45, 2.75) is 52.1 Å². The van der Waals surface area contributed by atoms with Crippen LogP contribution in [-0.2, 0) is 20.9 Å². The summed E-state index contributed by atoms with van der Waals surface area (Å²) in [4.78, 5) is 29.7. The smallest absolute Gasteiger partial charge is 0.250 e. The predicted octanol–water partition coefficient (Wildman–Crippen LogP) is 4.66. The van der Waals surface area contributed by atoms with Gasteiger partial charge in [-0.05, 0) is 49.1 Å². The molecule has 0 saturated heterocycles. The fourth-order valence-corrected chi connectivity index (χ4v) is 3.85. The van der Waals surface area contributed by atoms with Gasteiger partial charge in [-0.25, -0.2) is 0 Å². The van der Waals surface area contributed by atoms with Crippen LogP contribution >= 0.6 is 0 Å². The molecular formula is C26H37N3O3. The Morgan fingerprint density at radius 1 is 1.03 bits per heavy atom. The van der Waals surface area contributed by atoms with Crippen molar-refractivity contribution in [2.75, 3.05) is 38.0 Å². The number of carbonyl (C=O) groups excluding carboxylic acids is 2. The van der Waals surface area contributed by atoms with Gasteiger partial charge in [-0.2, -0.15) is 0 Å². The van der Waals surface area contributed by atoms with Crippen molar-refractivity contribution in [1.82, 2.24) is 4.90 Å². The van der Waals surface area contributed by atoms with Gasteiger partial charge in [0, 0.05) is 45.2 Å². The third kappa shape index (κ3) is 6.57. The maximum absolute atomic E-state index is 13.7. The monoisotopic (exact) mass is 439 g/mol. The lowest BCUT2D eigenvalue weighted by Gasteiger charge is -2.33. The summed E-state index contributed by atoms with van der Waals surface area (Å²) in [6.07, 6.45) is 1.60. The number of anilines is 2. The van der Waals surface area contributed by atoms with Gasteiger partial charge in [0.2, 0.25) is 11.8 Å². The first kappa shape index (κ1) is 25.4. The van der Waals surface area contributed by atoms with Gasteiger partial charge in [-0.3, -0.25) is 9.59 Å². The van der Waals surface area contributed by atoms with Crippen molar-refractivity contribution in [3.05, 3.63) is 59.7 Å². The lowest BCUT2D eigenvalue weighted by atomic mass is 9.94. The first-order valence-corrected chi connectivity index (χ1v) is 11.3. The molecule has 0 aliphatic carbocycles. The summed E-state index contributed by atoms with van der Waals surface area (Å²) >= 11 is 0. The second-order valence-electron chi connectivity index (χ2n) is 8.31. The molecule has 0 aliphatic rings. The van der Waals surface area contributed by atoms with Gasteiger partial charge in [0.25, 0.3) is 0 Å². The van der Waals surface area contributed by atoms with Gasteiger partial charge < -0.3 is 19.9 Å². The Labute approximate surface area is 192 Å². The minimum Gasteiger partial charge on any atom is -0.377 e. The number of hydrogen-bond acceptors (Lipinski definition) is 4. The van der Waals surface area contributed by atoms with E-state index in [4.69, 9.17) is 4.74 Å². The second-order valence-corrected chi connectivity index (χ2v) is 8.31. The molecule has 174 valence electrons. The van der Waals surface area contributed by atoms with E-state index in [-0.39, 0.29) is 30.4 Å². The Balaban J connectivity index is 2.40. The molecule has 0 heterocycles. The van der Waals surface area contributed by atoms with Gasteiger partial charge >= 0.3 is 0 Å². The fourth-order valence-electron chi connectivity index (χ4n) is 3.85. The fraction of sp³-hybridized carbons (Fsp3) is 0.462. The molecular weight excluding hydrogens is 402 g/mol. The highest BCUT2D eigenvalue weighted by Gasteiger charge is 2.28. The minimum absolute atomic E-state index is 0.00248. The van der Waals surface area contributed by atoms with Crippen molar-refractivity contribution in [1.29, 1.82) is 0 Å². The molecule has 2 atom stereocenters. The molecule has 2 unspecified atom stereocenters. The highest BCUT2D eigenvalue weighted by Crippen LogP contribution is 2.29. The van der Waals surface area contributed by atoms with E-state index in [1.165, 1.54) is 7.11 Å². The lowest BCUT2D eigenvalue weighted by molar-refractivity contribution is -0.135. The summed E-state index contributed by atoms with van der Waals surface area (Å²) in [7, 11) is 5.46. The highest BCUT2D eigenvalue weighted by atomic mass is 16.5. The van der Waals surface area contributed by atoms with Crippen LogP contribution in [0.15, 0.2) is 48.5 Å². The number of nitrogens with one attached hydrogen (secondary N) is 1. The number of nitrogens with zero attached hydrogens (tertiary/aromatic N) is 2. The molecule has 32 heavy (non-hydrogen) atoms. The zero-order valence-electron chi connectivity index (χ0n) is 20.2. The van der Waals surface area contributed by atoms with Crippen molar-refractivity contribution in [2.24, 2.45) is 0 Å². The molecule has 0 spiro atoms. The summed E-state index contributed by atoms with van der Waals surface area (Å²) in [5, 5.41) is 2.87. The van der Waals surface area contributed by atoms with Crippen LogP contribution in [0.1, 0.15) is 50.7 Å². The second kappa shape index (κ2) is 12.2. The highest BCUT2D eigenvalue weighted by molar-refractivity contribution is 5.92. The Bertz CT molecular complexity index is 883. The topological polar surface area (TPSA) is 61.9 Å². The van der Waals surface area contributed by atoms with E-state index >= 15 is 0 Å². The van der Waals surface area contributed by atoms with Crippen molar-refractivity contribution >= 4 is 23.2 Å². The molecule has 0 fully saturated rings. The summed E-state index contributed by atoms with van der Waals surface area (Å²) in [5.74, 6) is -0.259. The maximum Gasteiger partial charge on any atom is 0.250 e. The van der Waals surface area contributed by atoms with Crippen LogP contribution in [0.5, 0.6) is 0 Å². The molecule has 2 aromatic carbocycles. The number of ether oxygens (including phenoxy) is 1. The largest absolute Gasteiger partial charge is 0.377 e. The van der Waals surface area contributed by atoms with E-state index in [1.54, 1.807) is 0 Å². The number of amides is 2. The third-order valence-corrected chi connectivity index (χ3v) is 5.78. The summed E-state index contributed by atoms with van der Waals surface area (Å²) in [6, 6.07) is 15.9. The average molecular weight is 440 g/mol. The molecule has 1 N–H and O–H groups in total. The van der Waals surface area contributed by atoms with Crippen LogP contribution in [-0.4, -0.2) is 50.6 Å². The molecule has 2 rings (SSSR count). The first-order valence-electron chi connectivity index (χ1n) is 11.3. The molecule has 0 bridgehead atoms. The van der Waals surface area contributed by atoms with Gasteiger partial charge in [0.1, 0.15) is 6.61 Å². The molecule has 0 saturated carbocycles.